The second-order valence-corrected chi connectivity index (χ2v) is 4.50. The second kappa shape index (κ2) is 5.28. The highest BCUT2D eigenvalue weighted by Gasteiger charge is 2.21. The van der Waals surface area contributed by atoms with E-state index in [1.807, 2.05) is 0 Å². The molecule has 2 nitrogen and oxygen atoms in total. The van der Waals surface area contributed by atoms with E-state index in [0.29, 0.717) is 5.75 Å². The third kappa shape index (κ3) is 2.94. The summed E-state index contributed by atoms with van der Waals surface area (Å²) in [6.45, 7) is 2.23. The molecule has 3 heteroatoms. The van der Waals surface area contributed by atoms with E-state index in [-0.39, 0.29) is 6.10 Å². The Morgan fingerprint density at radius 3 is 3.00 bits per heavy atom. The van der Waals surface area contributed by atoms with Gasteiger partial charge in [0.05, 0.1) is 12.3 Å². The molecule has 2 atom stereocenters. The molecule has 1 heterocycles. The van der Waals surface area contributed by atoms with Gasteiger partial charge in [-0.1, -0.05) is 19.8 Å². The summed E-state index contributed by atoms with van der Waals surface area (Å²) >= 11 is 0. The van der Waals surface area contributed by atoms with Gasteiger partial charge in [-0.25, -0.2) is 4.98 Å². The smallest absolute Gasteiger partial charge is 0.213 e. The Morgan fingerprint density at radius 2 is 2.31 bits per heavy atom. The molecule has 2 rings (SSSR count). The first kappa shape index (κ1) is 11.4. The van der Waals surface area contributed by atoms with E-state index >= 15 is 0 Å². The Balaban J connectivity index is 1.91. The van der Waals surface area contributed by atoms with Gasteiger partial charge in [-0.15, -0.1) is 0 Å². The van der Waals surface area contributed by atoms with Crippen molar-refractivity contribution in [2.75, 3.05) is 0 Å². The summed E-state index contributed by atoms with van der Waals surface area (Å²) in [4.78, 5) is 3.59. The fourth-order valence-corrected chi connectivity index (χ4v) is 2.34. The maximum Gasteiger partial charge on any atom is 0.213 e. The molecule has 2 unspecified atom stereocenters. The van der Waals surface area contributed by atoms with Gasteiger partial charge in [0.2, 0.25) is 5.95 Å². The molecule has 1 fully saturated rings. The monoisotopic (exact) mass is 223 g/mol. The lowest BCUT2D eigenvalue weighted by Crippen LogP contribution is -2.25. The van der Waals surface area contributed by atoms with E-state index in [1.54, 1.807) is 6.07 Å². The largest absolute Gasteiger partial charge is 0.489 e. The molecule has 0 aromatic carbocycles. The molecule has 1 aliphatic rings. The van der Waals surface area contributed by atoms with E-state index in [0.717, 1.165) is 18.8 Å². The lowest BCUT2D eigenvalue weighted by Gasteiger charge is -2.28. The van der Waals surface area contributed by atoms with E-state index in [9.17, 15) is 4.39 Å². The molecule has 0 radical (unpaired) electrons. The molecule has 88 valence electrons. The molecule has 0 spiro atoms. The van der Waals surface area contributed by atoms with Crippen LogP contribution in [0, 0.1) is 11.9 Å². The normalized spacial score (nSPS) is 25.4. The molecular weight excluding hydrogens is 205 g/mol. The topological polar surface area (TPSA) is 22.1 Å². The minimum atomic E-state index is -0.456. The SMILES string of the molecule is CCC1CCCC(Oc2ccc(F)nc2)C1. The molecular formula is C13H18FNO. The van der Waals surface area contributed by atoms with Crippen molar-refractivity contribution in [1.29, 1.82) is 0 Å². The fraction of sp³-hybridized carbons (Fsp3) is 0.615. The Morgan fingerprint density at radius 1 is 1.44 bits per heavy atom. The minimum absolute atomic E-state index is 0.283. The molecule has 0 amide bonds. The van der Waals surface area contributed by atoms with Gasteiger partial charge >= 0.3 is 0 Å². The average molecular weight is 223 g/mol. The van der Waals surface area contributed by atoms with Gasteiger partial charge in [0, 0.05) is 0 Å². The third-order valence-electron chi connectivity index (χ3n) is 3.32. The Bertz CT molecular complexity index is 325. The number of halogens is 1. The molecule has 1 aromatic rings. The molecule has 0 N–H and O–H groups in total. The molecule has 16 heavy (non-hydrogen) atoms. The summed E-state index contributed by atoms with van der Waals surface area (Å²) in [5.41, 5.74) is 0. The second-order valence-electron chi connectivity index (χ2n) is 4.50. The highest BCUT2D eigenvalue weighted by molar-refractivity contribution is 5.16. The summed E-state index contributed by atoms with van der Waals surface area (Å²) in [5.74, 6) is 1.01. The van der Waals surface area contributed by atoms with Crippen molar-refractivity contribution in [3.8, 4) is 5.75 Å². The molecule has 0 bridgehead atoms. The van der Waals surface area contributed by atoms with Crippen molar-refractivity contribution in [3.63, 3.8) is 0 Å². The average Bonchev–Trinajstić information content (AvgIpc) is 2.32. The number of nitrogens with zero attached hydrogens (tertiary/aromatic N) is 1. The van der Waals surface area contributed by atoms with Gasteiger partial charge in [-0.3, -0.25) is 0 Å². The van der Waals surface area contributed by atoms with Crippen LogP contribution in [0.2, 0.25) is 0 Å². The van der Waals surface area contributed by atoms with Crippen LogP contribution in [0.25, 0.3) is 0 Å². The van der Waals surface area contributed by atoms with Gasteiger partial charge in [-0.05, 0) is 37.3 Å². The van der Waals surface area contributed by atoms with Gasteiger partial charge < -0.3 is 4.74 Å². The third-order valence-corrected chi connectivity index (χ3v) is 3.32. The molecule has 0 aliphatic heterocycles. The lowest BCUT2D eigenvalue weighted by atomic mass is 9.85. The number of hydrogen-bond donors (Lipinski definition) is 0. The Hall–Kier alpha value is -1.12. The van der Waals surface area contributed by atoms with Gasteiger partial charge in [0.25, 0.3) is 0 Å². The van der Waals surface area contributed by atoms with Crippen LogP contribution in [0.4, 0.5) is 4.39 Å². The van der Waals surface area contributed by atoms with Crippen LogP contribution in [0.3, 0.4) is 0 Å². The predicted molar refractivity (Wildman–Crippen MR) is 60.9 cm³/mol. The first-order chi connectivity index (χ1) is 7.78. The molecule has 0 saturated heterocycles. The van der Waals surface area contributed by atoms with Crippen LogP contribution in [0.1, 0.15) is 39.0 Å². The lowest BCUT2D eigenvalue weighted by molar-refractivity contribution is 0.121. The van der Waals surface area contributed by atoms with Crippen molar-refractivity contribution in [2.24, 2.45) is 5.92 Å². The van der Waals surface area contributed by atoms with E-state index in [2.05, 4.69) is 11.9 Å². The Kier molecular flexibility index (Phi) is 3.75. The van der Waals surface area contributed by atoms with Crippen molar-refractivity contribution < 1.29 is 9.13 Å². The number of rotatable bonds is 3. The molecule has 1 aliphatic carbocycles. The highest BCUT2D eigenvalue weighted by Crippen LogP contribution is 2.29. The van der Waals surface area contributed by atoms with E-state index in [1.165, 1.54) is 31.5 Å². The number of hydrogen-bond acceptors (Lipinski definition) is 2. The minimum Gasteiger partial charge on any atom is -0.489 e. The zero-order chi connectivity index (χ0) is 11.4. The fourth-order valence-electron chi connectivity index (χ4n) is 2.34. The van der Waals surface area contributed by atoms with Crippen molar-refractivity contribution in [3.05, 3.63) is 24.3 Å². The van der Waals surface area contributed by atoms with Crippen molar-refractivity contribution in [1.82, 2.24) is 4.98 Å². The standard InChI is InChI=1S/C13H18FNO/c1-2-10-4-3-5-11(8-10)16-12-6-7-13(14)15-9-12/h6-7,9-11H,2-5,8H2,1H3. The summed E-state index contributed by atoms with van der Waals surface area (Å²) in [6, 6.07) is 2.99. The summed E-state index contributed by atoms with van der Waals surface area (Å²) in [7, 11) is 0. The maximum atomic E-state index is 12.6. The van der Waals surface area contributed by atoms with Gasteiger partial charge in [-0.2, -0.15) is 4.39 Å². The van der Waals surface area contributed by atoms with E-state index in [4.69, 9.17) is 4.74 Å². The van der Waals surface area contributed by atoms with Crippen LogP contribution < -0.4 is 4.74 Å². The first-order valence-corrected chi connectivity index (χ1v) is 6.06. The quantitative estimate of drug-likeness (QED) is 0.731. The number of pyridine rings is 1. The van der Waals surface area contributed by atoms with Crippen molar-refractivity contribution in [2.45, 2.75) is 45.1 Å². The highest BCUT2D eigenvalue weighted by atomic mass is 19.1. The van der Waals surface area contributed by atoms with Crippen LogP contribution in [0.15, 0.2) is 18.3 Å². The first-order valence-electron chi connectivity index (χ1n) is 6.06. The van der Waals surface area contributed by atoms with Crippen molar-refractivity contribution >= 4 is 0 Å². The summed E-state index contributed by atoms with van der Waals surface area (Å²) in [5, 5.41) is 0. The zero-order valence-corrected chi connectivity index (χ0v) is 9.66. The Labute approximate surface area is 95.8 Å². The van der Waals surface area contributed by atoms with Gasteiger partial charge in [0.15, 0.2) is 0 Å². The summed E-state index contributed by atoms with van der Waals surface area (Å²) < 4.78 is 18.4. The van der Waals surface area contributed by atoms with Crippen LogP contribution in [0.5, 0.6) is 5.75 Å². The van der Waals surface area contributed by atoms with Crippen LogP contribution >= 0.6 is 0 Å². The van der Waals surface area contributed by atoms with Crippen LogP contribution in [-0.2, 0) is 0 Å². The zero-order valence-electron chi connectivity index (χ0n) is 9.66. The predicted octanol–water partition coefficient (Wildman–Crippen LogP) is 3.57. The number of ether oxygens (including phenoxy) is 1. The van der Waals surface area contributed by atoms with Gasteiger partial charge in [0.1, 0.15) is 5.75 Å². The maximum absolute atomic E-state index is 12.6. The van der Waals surface area contributed by atoms with E-state index < -0.39 is 5.95 Å². The molecule has 1 aromatic heterocycles. The summed E-state index contributed by atoms with van der Waals surface area (Å²) in [6.07, 6.45) is 7.75. The van der Waals surface area contributed by atoms with Crippen LogP contribution in [-0.4, -0.2) is 11.1 Å². The number of aromatic nitrogens is 1. The molecule has 1 saturated carbocycles.